The molecule has 1 amide bonds. The molecule has 0 aliphatic carbocycles. The Morgan fingerprint density at radius 1 is 1.56 bits per heavy atom. The summed E-state index contributed by atoms with van der Waals surface area (Å²) in [4.78, 5) is 10.6. The van der Waals surface area contributed by atoms with Crippen LogP contribution in [0, 0.1) is 0 Å². The van der Waals surface area contributed by atoms with E-state index in [4.69, 9.17) is 9.47 Å². The molecule has 2 fully saturated rings. The van der Waals surface area contributed by atoms with Crippen LogP contribution < -0.4 is 5.32 Å². The summed E-state index contributed by atoms with van der Waals surface area (Å²) in [6, 6.07) is 0. The van der Waals surface area contributed by atoms with Gasteiger partial charge in [0.25, 0.3) is 0 Å². The summed E-state index contributed by atoms with van der Waals surface area (Å²) in [7, 11) is 0. The third-order valence-corrected chi connectivity index (χ3v) is 1.56. The maximum absolute atomic E-state index is 10.6. The highest BCUT2D eigenvalue weighted by atomic mass is 16.7. The van der Waals surface area contributed by atoms with Crippen LogP contribution in [-0.2, 0) is 14.3 Å². The van der Waals surface area contributed by atoms with E-state index < -0.39 is 0 Å². The Balaban J connectivity index is 2.09. The molecule has 4 nitrogen and oxygen atoms in total. The molecule has 0 bridgehead atoms. The van der Waals surface area contributed by atoms with Crippen LogP contribution >= 0.6 is 0 Å². The Morgan fingerprint density at radius 2 is 2.44 bits per heavy atom. The van der Waals surface area contributed by atoms with E-state index >= 15 is 0 Å². The molecule has 2 atom stereocenters. The predicted molar refractivity (Wildman–Crippen MR) is 27.4 cm³/mol. The maximum Gasteiger partial charge on any atom is 0.224 e. The van der Waals surface area contributed by atoms with E-state index in [9.17, 15) is 4.79 Å². The molecule has 0 aromatic rings. The molecule has 1 N–H and O–H groups in total. The van der Waals surface area contributed by atoms with Crippen molar-refractivity contribution < 1.29 is 14.3 Å². The van der Waals surface area contributed by atoms with Crippen LogP contribution in [0.5, 0.6) is 0 Å². The molecule has 50 valence electrons. The molecule has 0 saturated carbocycles. The van der Waals surface area contributed by atoms with Gasteiger partial charge < -0.3 is 14.8 Å². The molecule has 0 spiro atoms. The molecule has 0 aromatic heterocycles. The molecule has 0 radical (unpaired) electrons. The van der Waals surface area contributed by atoms with Gasteiger partial charge >= 0.3 is 0 Å². The lowest BCUT2D eigenvalue weighted by Gasteiger charge is -2.02. The van der Waals surface area contributed by atoms with Crippen LogP contribution in [0.4, 0.5) is 0 Å². The summed E-state index contributed by atoms with van der Waals surface area (Å²) in [5, 5.41) is 2.63. The minimum Gasteiger partial charge on any atom is -0.347 e. The number of nitrogens with one attached hydrogen (secondary N) is 1. The van der Waals surface area contributed by atoms with E-state index in [0.717, 1.165) is 0 Å². The Bertz CT molecular complexity index is 133. The van der Waals surface area contributed by atoms with Gasteiger partial charge in [-0.25, -0.2) is 0 Å². The Labute approximate surface area is 52.1 Å². The van der Waals surface area contributed by atoms with Crippen molar-refractivity contribution in [2.45, 2.75) is 18.8 Å². The average molecular weight is 129 g/mol. The van der Waals surface area contributed by atoms with Gasteiger partial charge in [0, 0.05) is 0 Å². The highest BCUT2D eigenvalue weighted by molar-refractivity contribution is 5.79. The zero-order valence-electron chi connectivity index (χ0n) is 4.79. The number of fused-ring (bicyclic) bond motifs is 1. The van der Waals surface area contributed by atoms with Crippen molar-refractivity contribution in [1.82, 2.24) is 5.32 Å². The van der Waals surface area contributed by atoms with Crippen LogP contribution in [0.15, 0.2) is 0 Å². The normalized spacial score (nSPS) is 40.7. The van der Waals surface area contributed by atoms with Crippen molar-refractivity contribution >= 4 is 5.91 Å². The van der Waals surface area contributed by atoms with Gasteiger partial charge in [-0.2, -0.15) is 0 Å². The van der Waals surface area contributed by atoms with Crippen molar-refractivity contribution in [3.63, 3.8) is 0 Å². The quantitative estimate of drug-likeness (QED) is 0.466. The lowest BCUT2D eigenvalue weighted by molar-refractivity contribution is -0.122. The molecule has 2 aliphatic rings. The summed E-state index contributed by atoms with van der Waals surface area (Å²) in [5.41, 5.74) is 0. The molecular formula is C5H7NO3. The topological polar surface area (TPSA) is 47.6 Å². The Hall–Kier alpha value is -0.610. The third kappa shape index (κ3) is 0.710. The van der Waals surface area contributed by atoms with E-state index in [2.05, 4.69) is 5.32 Å². The van der Waals surface area contributed by atoms with Crippen LogP contribution in [0.25, 0.3) is 0 Å². The molecule has 0 aromatic carbocycles. The molecule has 9 heavy (non-hydrogen) atoms. The van der Waals surface area contributed by atoms with Gasteiger partial charge in [-0.1, -0.05) is 0 Å². The fraction of sp³-hybridized carbons (Fsp3) is 0.800. The fourth-order valence-corrected chi connectivity index (χ4v) is 1.10. The average Bonchev–Trinajstić information content (AvgIpc) is 2.22. The highest BCUT2D eigenvalue weighted by Gasteiger charge is 2.38. The van der Waals surface area contributed by atoms with Crippen LogP contribution in [0.2, 0.25) is 0 Å². The van der Waals surface area contributed by atoms with Crippen LogP contribution in [-0.4, -0.2) is 25.0 Å². The zero-order valence-corrected chi connectivity index (χ0v) is 4.79. The van der Waals surface area contributed by atoms with Gasteiger partial charge in [0.15, 0.2) is 6.23 Å². The van der Waals surface area contributed by atoms with Gasteiger partial charge in [-0.3, -0.25) is 4.79 Å². The zero-order chi connectivity index (χ0) is 6.27. The lowest BCUT2D eigenvalue weighted by atomic mass is 10.3. The number of rotatable bonds is 0. The van der Waals surface area contributed by atoms with E-state index in [1.54, 1.807) is 0 Å². The first-order valence-corrected chi connectivity index (χ1v) is 2.89. The summed E-state index contributed by atoms with van der Waals surface area (Å²) in [6.07, 6.45) is 0.250. The van der Waals surface area contributed by atoms with Crippen molar-refractivity contribution in [1.29, 1.82) is 0 Å². The summed E-state index contributed by atoms with van der Waals surface area (Å²) < 4.78 is 10.0. The fourth-order valence-electron chi connectivity index (χ4n) is 1.10. The molecule has 2 aliphatic heterocycles. The van der Waals surface area contributed by atoms with Gasteiger partial charge in [-0.05, 0) is 0 Å². The monoisotopic (exact) mass is 129 g/mol. The number of amides is 1. The van der Waals surface area contributed by atoms with Gasteiger partial charge in [-0.15, -0.1) is 0 Å². The van der Waals surface area contributed by atoms with Crippen LogP contribution in [0.3, 0.4) is 0 Å². The van der Waals surface area contributed by atoms with Crippen molar-refractivity contribution in [2.75, 3.05) is 6.79 Å². The van der Waals surface area contributed by atoms with E-state index in [0.29, 0.717) is 13.2 Å². The molecule has 2 unspecified atom stereocenters. The second-order valence-corrected chi connectivity index (χ2v) is 2.18. The van der Waals surface area contributed by atoms with Gasteiger partial charge in [0.2, 0.25) is 5.91 Å². The van der Waals surface area contributed by atoms with Crippen LogP contribution in [0.1, 0.15) is 6.42 Å². The summed E-state index contributed by atoms with van der Waals surface area (Å²) >= 11 is 0. The van der Waals surface area contributed by atoms with Crippen molar-refractivity contribution in [2.24, 2.45) is 0 Å². The first-order chi connectivity index (χ1) is 4.36. The Morgan fingerprint density at radius 3 is 3.22 bits per heavy atom. The van der Waals surface area contributed by atoms with Crippen molar-refractivity contribution in [3.8, 4) is 0 Å². The minimum atomic E-state index is -0.169. The molecular weight excluding hydrogens is 122 g/mol. The standard InChI is InChI=1S/C5H7NO3/c7-4-1-3-5(6-4)9-2-8-3/h3,5H,1-2H2,(H,6,7). The minimum absolute atomic E-state index is 0.0182. The number of carbonyl (C=O) groups excluding carboxylic acids is 1. The molecule has 4 heteroatoms. The second kappa shape index (κ2) is 1.68. The molecule has 2 heterocycles. The van der Waals surface area contributed by atoms with E-state index in [-0.39, 0.29) is 18.2 Å². The SMILES string of the molecule is O=C1CC2OCOC2N1. The first kappa shape index (κ1) is 5.20. The number of ether oxygens (including phenoxy) is 2. The lowest BCUT2D eigenvalue weighted by Crippen LogP contribution is -2.29. The predicted octanol–water partition coefficient (Wildman–Crippen LogP) is -0.795. The van der Waals surface area contributed by atoms with E-state index in [1.807, 2.05) is 0 Å². The van der Waals surface area contributed by atoms with Gasteiger partial charge in [0.1, 0.15) is 12.9 Å². The highest BCUT2D eigenvalue weighted by Crippen LogP contribution is 2.18. The number of carbonyl (C=O) groups is 1. The van der Waals surface area contributed by atoms with E-state index in [1.165, 1.54) is 0 Å². The number of hydrogen-bond acceptors (Lipinski definition) is 3. The molecule has 2 saturated heterocycles. The molecule has 2 rings (SSSR count). The third-order valence-electron chi connectivity index (χ3n) is 1.56. The number of hydrogen-bond donors (Lipinski definition) is 1. The van der Waals surface area contributed by atoms with Gasteiger partial charge in [0.05, 0.1) is 6.42 Å². The maximum atomic E-state index is 10.6. The second-order valence-electron chi connectivity index (χ2n) is 2.18. The summed E-state index contributed by atoms with van der Waals surface area (Å²) in [6.45, 7) is 0.315. The summed E-state index contributed by atoms with van der Waals surface area (Å²) in [5.74, 6) is 0.0182. The Kier molecular flexibility index (Phi) is 0.972. The largest absolute Gasteiger partial charge is 0.347 e. The van der Waals surface area contributed by atoms with Crippen molar-refractivity contribution in [3.05, 3.63) is 0 Å². The smallest absolute Gasteiger partial charge is 0.224 e. The first-order valence-electron chi connectivity index (χ1n) is 2.89.